The summed E-state index contributed by atoms with van der Waals surface area (Å²) in [6.07, 6.45) is 3.32. The van der Waals surface area contributed by atoms with Crippen LogP contribution in [0.25, 0.3) is 11.0 Å². The molecule has 2 aromatic heterocycles. The van der Waals surface area contributed by atoms with Gasteiger partial charge in [0.1, 0.15) is 11.5 Å². The molecule has 21 heavy (non-hydrogen) atoms. The molecule has 1 aliphatic rings. The summed E-state index contributed by atoms with van der Waals surface area (Å²) in [6.45, 7) is 3.05. The molecule has 7 heteroatoms. The standard InChI is InChI=1S/C14H17N5O2/c1-9(20)19-7-4-10(5-8-19)16-13-11-3-2-6-15-12(11)17-14(21)18-13/h2-3,6,10H,4-5,7-8H2,1H3,(H2,15,16,17,18,21). The van der Waals surface area contributed by atoms with Crippen molar-refractivity contribution >= 4 is 22.8 Å². The maximum atomic E-state index is 11.6. The van der Waals surface area contributed by atoms with Gasteiger partial charge in [-0.2, -0.15) is 4.98 Å². The van der Waals surface area contributed by atoms with Crippen LogP contribution in [-0.2, 0) is 4.79 Å². The first kappa shape index (κ1) is 13.5. The van der Waals surface area contributed by atoms with Gasteiger partial charge in [0.15, 0.2) is 0 Å². The van der Waals surface area contributed by atoms with Gasteiger partial charge in [-0.15, -0.1) is 0 Å². The van der Waals surface area contributed by atoms with E-state index in [9.17, 15) is 9.59 Å². The zero-order chi connectivity index (χ0) is 14.8. The number of fused-ring (bicyclic) bond motifs is 1. The van der Waals surface area contributed by atoms with E-state index in [4.69, 9.17) is 0 Å². The van der Waals surface area contributed by atoms with Gasteiger partial charge in [0.05, 0.1) is 5.39 Å². The number of aromatic amines is 1. The second-order valence-corrected chi connectivity index (χ2v) is 5.21. The van der Waals surface area contributed by atoms with Gasteiger partial charge in [0.25, 0.3) is 0 Å². The van der Waals surface area contributed by atoms with Gasteiger partial charge in [0, 0.05) is 32.3 Å². The van der Waals surface area contributed by atoms with Crippen LogP contribution in [0.1, 0.15) is 19.8 Å². The minimum absolute atomic E-state index is 0.109. The number of nitrogens with one attached hydrogen (secondary N) is 2. The Labute approximate surface area is 121 Å². The Morgan fingerprint density at radius 2 is 2.19 bits per heavy atom. The zero-order valence-electron chi connectivity index (χ0n) is 11.8. The second kappa shape index (κ2) is 5.51. The number of nitrogens with zero attached hydrogens (tertiary/aromatic N) is 3. The zero-order valence-corrected chi connectivity index (χ0v) is 11.8. The maximum absolute atomic E-state index is 11.6. The van der Waals surface area contributed by atoms with Crippen molar-refractivity contribution in [1.82, 2.24) is 19.9 Å². The number of hydrogen-bond acceptors (Lipinski definition) is 5. The Bertz CT molecular complexity index is 719. The molecule has 0 bridgehead atoms. The molecule has 0 aromatic carbocycles. The molecule has 1 fully saturated rings. The third-order valence-corrected chi connectivity index (χ3v) is 3.78. The fourth-order valence-corrected chi connectivity index (χ4v) is 2.63. The molecule has 3 rings (SSSR count). The highest BCUT2D eigenvalue weighted by molar-refractivity contribution is 5.85. The monoisotopic (exact) mass is 287 g/mol. The molecule has 7 nitrogen and oxygen atoms in total. The Balaban J connectivity index is 1.80. The van der Waals surface area contributed by atoms with Crippen LogP contribution in [0.3, 0.4) is 0 Å². The highest BCUT2D eigenvalue weighted by Crippen LogP contribution is 2.20. The van der Waals surface area contributed by atoms with E-state index in [0.29, 0.717) is 11.5 Å². The van der Waals surface area contributed by atoms with E-state index in [1.165, 1.54) is 0 Å². The number of carbonyl (C=O) groups excluding carboxylic acids is 1. The van der Waals surface area contributed by atoms with Gasteiger partial charge in [-0.05, 0) is 25.0 Å². The number of likely N-dealkylation sites (tertiary alicyclic amines) is 1. The van der Waals surface area contributed by atoms with E-state index >= 15 is 0 Å². The van der Waals surface area contributed by atoms with Crippen LogP contribution in [-0.4, -0.2) is 44.9 Å². The lowest BCUT2D eigenvalue weighted by atomic mass is 10.0. The predicted molar refractivity (Wildman–Crippen MR) is 79.1 cm³/mol. The third kappa shape index (κ3) is 2.86. The lowest BCUT2D eigenvalue weighted by Gasteiger charge is -2.32. The normalized spacial score (nSPS) is 16.1. The van der Waals surface area contributed by atoms with Crippen molar-refractivity contribution in [2.45, 2.75) is 25.8 Å². The van der Waals surface area contributed by atoms with E-state index < -0.39 is 5.69 Å². The molecule has 1 saturated heterocycles. The second-order valence-electron chi connectivity index (χ2n) is 5.21. The molecule has 1 amide bonds. The minimum atomic E-state index is -0.412. The molecule has 1 aliphatic heterocycles. The number of amides is 1. The van der Waals surface area contributed by atoms with Crippen molar-refractivity contribution in [3.8, 4) is 0 Å². The number of anilines is 1. The van der Waals surface area contributed by atoms with Gasteiger partial charge in [-0.25, -0.2) is 9.78 Å². The summed E-state index contributed by atoms with van der Waals surface area (Å²) in [5, 5.41) is 4.11. The molecule has 3 heterocycles. The van der Waals surface area contributed by atoms with Crippen LogP contribution in [0.15, 0.2) is 23.1 Å². The summed E-state index contributed by atoms with van der Waals surface area (Å²) in [5.74, 6) is 0.667. The fourth-order valence-electron chi connectivity index (χ4n) is 2.63. The molecule has 0 saturated carbocycles. The van der Waals surface area contributed by atoms with Gasteiger partial charge in [-0.1, -0.05) is 0 Å². The van der Waals surface area contributed by atoms with Crippen molar-refractivity contribution in [2.24, 2.45) is 0 Å². The average molecular weight is 287 g/mol. The highest BCUT2D eigenvalue weighted by atomic mass is 16.2. The Morgan fingerprint density at radius 1 is 1.43 bits per heavy atom. The number of rotatable bonds is 2. The van der Waals surface area contributed by atoms with Gasteiger partial charge >= 0.3 is 5.69 Å². The molecule has 0 spiro atoms. The minimum Gasteiger partial charge on any atom is -0.366 e. The van der Waals surface area contributed by atoms with Crippen molar-refractivity contribution in [3.63, 3.8) is 0 Å². The SMILES string of the molecule is CC(=O)N1CCC(Nc2nc(=O)[nH]c3ncccc23)CC1. The Morgan fingerprint density at radius 3 is 2.90 bits per heavy atom. The Kier molecular flexibility index (Phi) is 3.55. The maximum Gasteiger partial charge on any atom is 0.348 e. The summed E-state index contributed by atoms with van der Waals surface area (Å²) in [4.78, 5) is 35.5. The number of aromatic nitrogens is 3. The van der Waals surface area contributed by atoms with Crippen LogP contribution in [0.2, 0.25) is 0 Å². The van der Waals surface area contributed by atoms with Crippen LogP contribution in [0.5, 0.6) is 0 Å². The largest absolute Gasteiger partial charge is 0.366 e. The third-order valence-electron chi connectivity index (χ3n) is 3.78. The Hall–Kier alpha value is -2.44. The first-order valence-corrected chi connectivity index (χ1v) is 7.00. The lowest BCUT2D eigenvalue weighted by Crippen LogP contribution is -2.41. The molecule has 0 radical (unpaired) electrons. The van der Waals surface area contributed by atoms with E-state index in [-0.39, 0.29) is 11.9 Å². The van der Waals surface area contributed by atoms with Crippen molar-refractivity contribution in [3.05, 3.63) is 28.8 Å². The van der Waals surface area contributed by atoms with Crippen LogP contribution >= 0.6 is 0 Å². The molecular formula is C14H17N5O2. The van der Waals surface area contributed by atoms with Crippen molar-refractivity contribution in [1.29, 1.82) is 0 Å². The molecular weight excluding hydrogens is 270 g/mol. The number of piperidine rings is 1. The summed E-state index contributed by atoms with van der Waals surface area (Å²) in [7, 11) is 0. The smallest absolute Gasteiger partial charge is 0.348 e. The quantitative estimate of drug-likeness (QED) is 0.850. The van der Waals surface area contributed by atoms with Gasteiger partial charge in [0.2, 0.25) is 5.91 Å². The fraction of sp³-hybridized carbons (Fsp3) is 0.429. The topological polar surface area (TPSA) is 91.0 Å². The molecule has 0 unspecified atom stereocenters. The number of H-pyrrole nitrogens is 1. The van der Waals surface area contributed by atoms with E-state index in [1.54, 1.807) is 13.1 Å². The van der Waals surface area contributed by atoms with Crippen LogP contribution in [0.4, 0.5) is 5.82 Å². The first-order chi connectivity index (χ1) is 10.1. The van der Waals surface area contributed by atoms with E-state index in [0.717, 1.165) is 31.3 Å². The van der Waals surface area contributed by atoms with Gasteiger partial charge in [-0.3, -0.25) is 9.78 Å². The lowest BCUT2D eigenvalue weighted by molar-refractivity contribution is -0.129. The summed E-state index contributed by atoms with van der Waals surface area (Å²) in [5.41, 5.74) is 0.117. The van der Waals surface area contributed by atoms with Gasteiger partial charge < -0.3 is 10.2 Å². The number of pyridine rings is 1. The predicted octanol–water partition coefficient (Wildman–Crippen LogP) is 0.741. The molecule has 110 valence electrons. The summed E-state index contributed by atoms with van der Waals surface area (Å²) >= 11 is 0. The highest BCUT2D eigenvalue weighted by Gasteiger charge is 2.21. The first-order valence-electron chi connectivity index (χ1n) is 7.00. The van der Waals surface area contributed by atoms with Crippen molar-refractivity contribution in [2.75, 3.05) is 18.4 Å². The molecule has 2 N–H and O–H groups in total. The number of carbonyl (C=O) groups is 1. The molecule has 2 aromatic rings. The van der Waals surface area contributed by atoms with E-state index in [1.807, 2.05) is 17.0 Å². The number of hydrogen-bond donors (Lipinski definition) is 2. The van der Waals surface area contributed by atoms with Crippen LogP contribution < -0.4 is 11.0 Å². The average Bonchev–Trinajstić information content (AvgIpc) is 2.47. The summed E-state index contributed by atoms with van der Waals surface area (Å²) < 4.78 is 0. The van der Waals surface area contributed by atoms with Crippen LogP contribution in [0, 0.1) is 0 Å². The molecule has 0 aliphatic carbocycles. The van der Waals surface area contributed by atoms with E-state index in [2.05, 4.69) is 20.3 Å². The van der Waals surface area contributed by atoms with Crippen molar-refractivity contribution < 1.29 is 4.79 Å². The summed E-state index contributed by atoms with van der Waals surface area (Å²) in [6, 6.07) is 3.89. The molecule has 0 atom stereocenters.